The van der Waals surface area contributed by atoms with E-state index in [0.29, 0.717) is 19.0 Å². The number of thiophene rings is 1. The largest absolute Gasteiger partial charge is 0.349 e. The first-order chi connectivity index (χ1) is 13.7. The van der Waals surface area contributed by atoms with Crippen LogP contribution in [-0.4, -0.2) is 35.8 Å². The zero-order valence-corrected chi connectivity index (χ0v) is 17.0. The quantitative estimate of drug-likeness (QED) is 0.805. The maximum Gasteiger partial charge on any atom is 0.253 e. The summed E-state index contributed by atoms with van der Waals surface area (Å²) in [6.07, 6.45) is 8.17. The number of likely N-dealkylation sites (tertiary alicyclic amines) is 1. The third-order valence-corrected chi connectivity index (χ3v) is 6.82. The Balaban J connectivity index is 1.29. The lowest BCUT2D eigenvalue weighted by Gasteiger charge is -2.32. The summed E-state index contributed by atoms with van der Waals surface area (Å²) in [5.74, 6) is 0.766. The first kappa shape index (κ1) is 19.2. The average Bonchev–Trinajstić information content (AvgIpc) is 3.30. The Kier molecular flexibility index (Phi) is 6.10. The van der Waals surface area contributed by atoms with E-state index in [1.54, 1.807) is 0 Å². The molecule has 0 radical (unpaired) electrons. The molecule has 1 saturated carbocycles. The fourth-order valence-corrected chi connectivity index (χ4v) is 5.04. The molecule has 28 heavy (non-hydrogen) atoms. The van der Waals surface area contributed by atoms with Gasteiger partial charge >= 0.3 is 0 Å². The maximum atomic E-state index is 12.8. The number of hydrogen-bond acceptors (Lipinski definition) is 3. The molecule has 0 unspecified atom stereocenters. The van der Waals surface area contributed by atoms with Crippen molar-refractivity contribution in [3.05, 3.63) is 57.8 Å². The highest BCUT2D eigenvalue weighted by Gasteiger charge is 2.25. The van der Waals surface area contributed by atoms with Gasteiger partial charge < -0.3 is 10.2 Å². The first-order valence-electron chi connectivity index (χ1n) is 10.4. The van der Waals surface area contributed by atoms with Gasteiger partial charge in [0.1, 0.15) is 0 Å². The monoisotopic (exact) mass is 396 g/mol. The Hall–Kier alpha value is -2.14. The molecule has 1 aliphatic carbocycles. The predicted octanol–water partition coefficient (Wildman–Crippen LogP) is 4.83. The summed E-state index contributed by atoms with van der Waals surface area (Å²) in [6.45, 7) is 1.38. The van der Waals surface area contributed by atoms with Gasteiger partial charge in [-0.05, 0) is 60.7 Å². The third-order valence-electron chi connectivity index (χ3n) is 6.13. The van der Waals surface area contributed by atoms with Crippen LogP contribution in [0.15, 0.2) is 41.1 Å². The van der Waals surface area contributed by atoms with Crippen LogP contribution in [0, 0.1) is 0 Å². The molecule has 0 spiro atoms. The molecule has 1 aliphatic heterocycles. The molecule has 1 saturated heterocycles. The van der Waals surface area contributed by atoms with Crippen molar-refractivity contribution in [2.24, 2.45) is 0 Å². The Morgan fingerprint density at radius 2 is 1.61 bits per heavy atom. The maximum absolute atomic E-state index is 12.8. The van der Waals surface area contributed by atoms with E-state index in [1.807, 2.05) is 33.9 Å². The zero-order valence-electron chi connectivity index (χ0n) is 16.2. The van der Waals surface area contributed by atoms with Crippen LogP contribution in [0.1, 0.15) is 77.1 Å². The summed E-state index contributed by atoms with van der Waals surface area (Å²) in [5.41, 5.74) is 2.88. The van der Waals surface area contributed by atoms with E-state index in [2.05, 4.69) is 17.4 Å². The van der Waals surface area contributed by atoms with Crippen molar-refractivity contribution in [1.29, 1.82) is 0 Å². The molecule has 0 atom stereocenters. The van der Waals surface area contributed by atoms with Gasteiger partial charge in [0, 0.05) is 35.6 Å². The van der Waals surface area contributed by atoms with E-state index >= 15 is 0 Å². The van der Waals surface area contributed by atoms with Gasteiger partial charge in [-0.2, -0.15) is 11.3 Å². The molecule has 2 fully saturated rings. The van der Waals surface area contributed by atoms with Gasteiger partial charge in [-0.25, -0.2) is 0 Å². The fourth-order valence-electron chi connectivity index (χ4n) is 4.41. The predicted molar refractivity (Wildman–Crippen MR) is 113 cm³/mol. The van der Waals surface area contributed by atoms with E-state index in [0.717, 1.165) is 24.0 Å². The minimum Gasteiger partial charge on any atom is -0.349 e. The lowest BCUT2D eigenvalue weighted by atomic mass is 9.84. The Morgan fingerprint density at radius 3 is 2.25 bits per heavy atom. The Bertz CT molecular complexity index is 787. The summed E-state index contributed by atoms with van der Waals surface area (Å²) in [5, 5.41) is 6.87. The van der Waals surface area contributed by atoms with Gasteiger partial charge in [-0.3, -0.25) is 9.59 Å². The molecule has 1 N–H and O–H groups in total. The second-order valence-corrected chi connectivity index (χ2v) is 8.79. The Morgan fingerprint density at radius 1 is 0.893 bits per heavy atom. The third kappa shape index (κ3) is 4.46. The fraction of sp³-hybridized carbons (Fsp3) is 0.478. The molecule has 2 aromatic rings. The number of hydrogen-bond donors (Lipinski definition) is 1. The Labute approximate surface area is 170 Å². The number of nitrogens with zero attached hydrogens (tertiary/aromatic N) is 1. The highest BCUT2D eigenvalue weighted by Crippen LogP contribution is 2.32. The van der Waals surface area contributed by atoms with Gasteiger partial charge in [0.2, 0.25) is 0 Å². The molecular formula is C23H28N2O2S. The summed E-state index contributed by atoms with van der Waals surface area (Å²) in [4.78, 5) is 27.0. The molecule has 4 rings (SSSR count). The van der Waals surface area contributed by atoms with Crippen LogP contribution in [0.3, 0.4) is 0 Å². The van der Waals surface area contributed by atoms with Crippen LogP contribution in [0.2, 0.25) is 0 Å². The summed E-state index contributed by atoms with van der Waals surface area (Å²) in [6, 6.07) is 10.3. The molecule has 148 valence electrons. The molecular weight excluding hydrogens is 368 g/mol. The van der Waals surface area contributed by atoms with Crippen molar-refractivity contribution in [1.82, 2.24) is 10.2 Å². The van der Waals surface area contributed by atoms with Crippen LogP contribution in [0.4, 0.5) is 0 Å². The molecule has 1 aromatic heterocycles. The molecule has 4 nitrogen and oxygen atoms in total. The van der Waals surface area contributed by atoms with Crippen LogP contribution in [0.5, 0.6) is 0 Å². The van der Waals surface area contributed by atoms with Crippen molar-refractivity contribution >= 4 is 23.2 Å². The standard InChI is InChI=1S/C23H28N2O2S/c26-22(20-12-15-28-16-20)24-21-10-13-25(14-11-21)23(27)19-8-6-18(7-9-19)17-4-2-1-3-5-17/h6-9,12,15-17,21H,1-5,10-11,13-14H2,(H,24,26). The van der Waals surface area contributed by atoms with Crippen LogP contribution >= 0.6 is 11.3 Å². The van der Waals surface area contributed by atoms with Crippen molar-refractivity contribution in [3.63, 3.8) is 0 Å². The van der Waals surface area contributed by atoms with Gasteiger partial charge in [-0.15, -0.1) is 0 Å². The van der Waals surface area contributed by atoms with Gasteiger partial charge in [0.15, 0.2) is 0 Å². The molecule has 2 amide bonds. The van der Waals surface area contributed by atoms with Crippen LogP contribution < -0.4 is 5.32 Å². The van der Waals surface area contributed by atoms with Crippen molar-refractivity contribution in [2.75, 3.05) is 13.1 Å². The number of rotatable bonds is 4. The lowest BCUT2D eigenvalue weighted by molar-refractivity contribution is 0.0698. The van der Waals surface area contributed by atoms with Crippen LogP contribution in [0.25, 0.3) is 0 Å². The number of nitrogens with one attached hydrogen (secondary N) is 1. The molecule has 5 heteroatoms. The topological polar surface area (TPSA) is 49.4 Å². The molecule has 1 aromatic carbocycles. The number of carbonyl (C=O) groups is 2. The normalized spacial score (nSPS) is 18.8. The number of piperidine rings is 1. The molecule has 2 aliphatic rings. The van der Waals surface area contributed by atoms with Gasteiger partial charge in [0.25, 0.3) is 11.8 Å². The smallest absolute Gasteiger partial charge is 0.253 e. The first-order valence-corrected chi connectivity index (χ1v) is 11.4. The molecule has 0 bridgehead atoms. The highest BCUT2D eigenvalue weighted by molar-refractivity contribution is 7.08. The number of amides is 2. The SMILES string of the molecule is O=C(NC1CCN(C(=O)c2ccc(C3CCCCC3)cc2)CC1)c1ccsc1. The molecule has 2 heterocycles. The number of benzene rings is 1. The van der Waals surface area contributed by atoms with Gasteiger partial charge in [0.05, 0.1) is 0 Å². The summed E-state index contributed by atoms with van der Waals surface area (Å²) < 4.78 is 0. The van der Waals surface area contributed by atoms with E-state index in [-0.39, 0.29) is 17.9 Å². The average molecular weight is 397 g/mol. The number of carbonyl (C=O) groups excluding carboxylic acids is 2. The second-order valence-electron chi connectivity index (χ2n) is 8.01. The van der Waals surface area contributed by atoms with Crippen molar-refractivity contribution in [3.8, 4) is 0 Å². The zero-order chi connectivity index (χ0) is 19.3. The minimum absolute atomic E-state index is 0.00988. The van der Waals surface area contributed by atoms with Crippen LogP contribution in [-0.2, 0) is 0 Å². The summed E-state index contributed by atoms with van der Waals surface area (Å²) >= 11 is 1.53. The summed E-state index contributed by atoms with van der Waals surface area (Å²) in [7, 11) is 0. The highest BCUT2D eigenvalue weighted by atomic mass is 32.1. The van der Waals surface area contributed by atoms with Gasteiger partial charge in [-0.1, -0.05) is 31.4 Å². The minimum atomic E-state index is -0.00988. The van der Waals surface area contributed by atoms with E-state index in [9.17, 15) is 9.59 Å². The van der Waals surface area contributed by atoms with E-state index in [1.165, 1.54) is 49.0 Å². The lowest BCUT2D eigenvalue weighted by Crippen LogP contribution is -2.46. The van der Waals surface area contributed by atoms with E-state index < -0.39 is 0 Å². The second kappa shape index (κ2) is 8.91. The van der Waals surface area contributed by atoms with Crippen molar-refractivity contribution in [2.45, 2.75) is 56.9 Å². The van der Waals surface area contributed by atoms with Crippen molar-refractivity contribution < 1.29 is 9.59 Å². The van der Waals surface area contributed by atoms with E-state index in [4.69, 9.17) is 0 Å².